The highest BCUT2D eigenvalue weighted by Crippen LogP contribution is 2.23. The highest BCUT2D eigenvalue weighted by atomic mass is 16.3. The molecule has 2 rings (SSSR count). The summed E-state index contributed by atoms with van der Waals surface area (Å²) in [5.74, 6) is -0.123. The van der Waals surface area contributed by atoms with Crippen LogP contribution in [0.2, 0.25) is 0 Å². The molecule has 0 radical (unpaired) electrons. The van der Waals surface area contributed by atoms with E-state index in [4.69, 9.17) is 5.26 Å². The second-order valence-corrected chi connectivity index (χ2v) is 5.26. The Morgan fingerprint density at radius 1 is 1.50 bits per heavy atom. The van der Waals surface area contributed by atoms with Gasteiger partial charge in [0.05, 0.1) is 17.4 Å². The Balaban J connectivity index is 1.95. The number of hydrogen-bond donors (Lipinski definition) is 2. The van der Waals surface area contributed by atoms with Gasteiger partial charge >= 0.3 is 0 Å². The highest BCUT2D eigenvalue weighted by molar-refractivity contribution is 5.92. The number of aromatic nitrogens is 1. The van der Waals surface area contributed by atoms with E-state index >= 15 is 0 Å². The first kappa shape index (κ1) is 14.5. The van der Waals surface area contributed by atoms with Crippen LogP contribution >= 0.6 is 0 Å². The third-order valence-corrected chi connectivity index (χ3v) is 3.83. The third kappa shape index (κ3) is 3.34. The van der Waals surface area contributed by atoms with Gasteiger partial charge in [0.2, 0.25) is 0 Å². The molecule has 5 nitrogen and oxygen atoms in total. The Bertz CT molecular complexity index is 536. The molecular formula is C15H19N3O2. The SMILES string of the molecule is Cc1nc(C(=O)NCC2CCCCC2O)ccc1C#N. The van der Waals surface area contributed by atoms with Crippen LogP contribution in [-0.4, -0.2) is 28.6 Å². The van der Waals surface area contributed by atoms with Crippen molar-refractivity contribution in [2.75, 3.05) is 6.54 Å². The second-order valence-electron chi connectivity index (χ2n) is 5.26. The fourth-order valence-corrected chi connectivity index (χ4v) is 2.55. The molecule has 0 aliphatic heterocycles. The lowest BCUT2D eigenvalue weighted by atomic mass is 9.86. The first-order valence-electron chi connectivity index (χ1n) is 6.96. The number of hydrogen-bond acceptors (Lipinski definition) is 4. The lowest BCUT2D eigenvalue weighted by Gasteiger charge is -2.27. The number of carbonyl (C=O) groups is 1. The zero-order valence-electron chi connectivity index (χ0n) is 11.6. The molecule has 20 heavy (non-hydrogen) atoms. The van der Waals surface area contributed by atoms with Gasteiger partial charge in [-0.25, -0.2) is 4.98 Å². The maximum Gasteiger partial charge on any atom is 0.269 e. The van der Waals surface area contributed by atoms with Gasteiger partial charge in [0.15, 0.2) is 0 Å². The molecule has 1 fully saturated rings. The van der Waals surface area contributed by atoms with Gasteiger partial charge in [-0.05, 0) is 31.9 Å². The lowest BCUT2D eigenvalue weighted by molar-refractivity contribution is 0.0661. The molecule has 0 saturated heterocycles. The number of nitrogens with one attached hydrogen (secondary N) is 1. The molecule has 0 bridgehead atoms. The predicted octanol–water partition coefficient (Wildman–Crippen LogP) is 1.54. The summed E-state index contributed by atoms with van der Waals surface area (Å²) in [6.07, 6.45) is 3.60. The summed E-state index contributed by atoms with van der Waals surface area (Å²) in [5.41, 5.74) is 1.34. The fraction of sp³-hybridized carbons (Fsp3) is 0.533. The largest absolute Gasteiger partial charge is 0.393 e. The van der Waals surface area contributed by atoms with Gasteiger partial charge in [-0.2, -0.15) is 5.26 Å². The summed E-state index contributed by atoms with van der Waals surface area (Å²) < 4.78 is 0. The molecule has 1 heterocycles. The minimum absolute atomic E-state index is 0.132. The van der Waals surface area contributed by atoms with Gasteiger partial charge in [-0.15, -0.1) is 0 Å². The van der Waals surface area contributed by atoms with Crippen LogP contribution in [0, 0.1) is 24.2 Å². The van der Waals surface area contributed by atoms with E-state index in [1.165, 1.54) is 0 Å². The van der Waals surface area contributed by atoms with E-state index in [2.05, 4.69) is 10.3 Å². The van der Waals surface area contributed by atoms with Crippen LogP contribution in [0.4, 0.5) is 0 Å². The van der Waals surface area contributed by atoms with E-state index in [-0.39, 0.29) is 17.9 Å². The number of nitrogens with zero attached hydrogens (tertiary/aromatic N) is 2. The predicted molar refractivity (Wildman–Crippen MR) is 74.0 cm³/mol. The Morgan fingerprint density at radius 3 is 2.90 bits per heavy atom. The van der Waals surface area contributed by atoms with Crippen molar-refractivity contribution in [2.45, 2.75) is 38.7 Å². The van der Waals surface area contributed by atoms with Crippen LogP contribution in [0.15, 0.2) is 12.1 Å². The zero-order chi connectivity index (χ0) is 14.5. The summed E-state index contributed by atoms with van der Waals surface area (Å²) in [4.78, 5) is 16.1. The minimum atomic E-state index is -0.320. The smallest absolute Gasteiger partial charge is 0.269 e. The molecule has 2 N–H and O–H groups in total. The van der Waals surface area contributed by atoms with Crippen LogP contribution in [0.3, 0.4) is 0 Å². The van der Waals surface area contributed by atoms with E-state index in [1.807, 2.05) is 6.07 Å². The van der Waals surface area contributed by atoms with E-state index in [9.17, 15) is 9.90 Å². The topological polar surface area (TPSA) is 86.0 Å². The van der Waals surface area contributed by atoms with E-state index in [0.717, 1.165) is 25.7 Å². The third-order valence-electron chi connectivity index (χ3n) is 3.83. The standard InChI is InChI=1S/C15H19N3O2/c1-10-11(8-16)6-7-13(18-10)15(20)17-9-12-4-2-3-5-14(12)19/h6-7,12,14,19H,2-5,9H2,1H3,(H,17,20). The average Bonchev–Trinajstić information content (AvgIpc) is 2.46. The van der Waals surface area contributed by atoms with Gasteiger partial charge in [0.1, 0.15) is 11.8 Å². The molecule has 2 atom stereocenters. The maximum absolute atomic E-state index is 12.0. The van der Waals surface area contributed by atoms with Crippen molar-refractivity contribution in [2.24, 2.45) is 5.92 Å². The van der Waals surface area contributed by atoms with Gasteiger partial charge in [0, 0.05) is 12.5 Å². The lowest BCUT2D eigenvalue weighted by Crippen LogP contribution is -2.37. The molecule has 2 unspecified atom stereocenters. The number of aliphatic hydroxyl groups excluding tert-OH is 1. The van der Waals surface area contributed by atoms with E-state index in [0.29, 0.717) is 23.5 Å². The van der Waals surface area contributed by atoms with Crippen molar-refractivity contribution in [3.63, 3.8) is 0 Å². The molecule has 1 saturated carbocycles. The molecule has 1 aromatic heterocycles. The molecule has 1 amide bonds. The summed E-state index contributed by atoms with van der Waals surface area (Å²) in [6.45, 7) is 2.18. The van der Waals surface area contributed by atoms with Crippen molar-refractivity contribution < 1.29 is 9.90 Å². The highest BCUT2D eigenvalue weighted by Gasteiger charge is 2.23. The van der Waals surface area contributed by atoms with Gasteiger partial charge < -0.3 is 10.4 Å². The number of aliphatic hydroxyl groups is 1. The number of pyridine rings is 1. The van der Waals surface area contributed by atoms with Gasteiger partial charge in [-0.1, -0.05) is 12.8 Å². The van der Waals surface area contributed by atoms with Crippen LogP contribution in [0.1, 0.15) is 47.4 Å². The fourth-order valence-electron chi connectivity index (χ4n) is 2.55. The quantitative estimate of drug-likeness (QED) is 0.874. The van der Waals surface area contributed by atoms with Crippen molar-refractivity contribution in [1.82, 2.24) is 10.3 Å². The zero-order valence-corrected chi connectivity index (χ0v) is 11.6. The monoisotopic (exact) mass is 273 g/mol. The Labute approximate surface area is 118 Å². The second kappa shape index (κ2) is 6.49. The van der Waals surface area contributed by atoms with Crippen LogP contribution in [0.25, 0.3) is 0 Å². The van der Waals surface area contributed by atoms with Gasteiger partial charge in [-0.3, -0.25) is 4.79 Å². The first-order chi connectivity index (χ1) is 9.61. The van der Waals surface area contributed by atoms with Crippen LogP contribution in [0.5, 0.6) is 0 Å². The molecule has 0 spiro atoms. The number of amides is 1. The Hall–Kier alpha value is -1.93. The van der Waals surface area contributed by atoms with E-state index in [1.54, 1.807) is 19.1 Å². The summed E-state index contributed by atoms with van der Waals surface area (Å²) >= 11 is 0. The Morgan fingerprint density at radius 2 is 2.25 bits per heavy atom. The summed E-state index contributed by atoms with van der Waals surface area (Å²) in [6, 6.07) is 5.18. The average molecular weight is 273 g/mol. The Kier molecular flexibility index (Phi) is 4.70. The summed E-state index contributed by atoms with van der Waals surface area (Å²) in [5, 5.41) is 21.5. The molecule has 0 aromatic carbocycles. The molecule has 5 heteroatoms. The number of nitriles is 1. The molecule has 106 valence electrons. The van der Waals surface area contributed by atoms with Crippen molar-refractivity contribution in [1.29, 1.82) is 5.26 Å². The summed E-state index contributed by atoms with van der Waals surface area (Å²) in [7, 11) is 0. The van der Waals surface area contributed by atoms with Crippen molar-refractivity contribution in [3.05, 3.63) is 29.1 Å². The number of rotatable bonds is 3. The van der Waals surface area contributed by atoms with E-state index < -0.39 is 0 Å². The minimum Gasteiger partial charge on any atom is -0.393 e. The maximum atomic E-state index is 12.0. The van der Waals surface area contributed by atoms with Crippen molar-refractivity contribution >= 4 is 5.91 Å². The number of carbonyl (C=O) groups excluding carboxylic acids is 1. The molecule has 1 aliphatic rings. The van der Waals surface area contributed by atoms with Gasteiger partial charge in [0.25, 0.3) is 5.91 Å². The van der Waals surface area contributed by atoms with Crippen LogP contribution in [-0.2, 0) is 0 Å². The normalized spacial score (nSPS) is 22.1. The van der Waals surface area contributed by atoms with Crippen LogP contribution < -0.4 is 5.32 Å². The van der Waals surface area contributed by atoms with Crippen molar-refractivity contribution in [3.8, 4) is 6.07 Å². The number of aryl methyl sites for hydroxylation is 1. The molecule has 1 aliphatic carbocycles. The first-order valence-corrected chi connectivity index (χ1v) is 6.96. The molecule has 1 aromatic rings. The molecular weight excluding hydrogens is 254 g/mol.